The molecule has 2 N–H and O–H groups in total. The number of likely N-dealkylation sites (N-methyl/N-ethyl adjacent to an activating group) is 2. The van der Waals surface area contributed by atoms with Crippen LogP contribution >= 0.6 is 0 Å². The summed E-state index contributed by atoms with van der Waals surface area (Å²) in [6, 6.07) is 3.75. The average Bonchev–Trinajstić information content (AvgIpc) is 2.78. The Kier molecular flexibility index (Phi) is 5.72. The van der Waals surface area contributed by atoms with Crippen molar-refractivity contribution in [2.24, 2.45) is 5.73 Å². The Morgan fingerprint density at radius 3 is 2.82 bits per heavy atom. The molecular weight excluding hydrogens is 218 g/mol. The zero-order valence-electron chi connectivity index (χ0n) is 10.6. The van der Waals surface area contributed by atoms with Gasteiger partial charge in [0.1, 0.15) is 5.76 Å². The second kappa shape index (κ2) is 7.09. The van der Waals surface area contributed by atoms with Crippen LogP contribution in [0.5, 0.6) is 0 Å². The highest BCUT2D eigenvalue weighted by atomic mass is 16.3. The maximum absolute atomic E-state index is 11.8. The van der Waals surface area contributed by atoms with Gasteiger partial charge in [-0.3, -0.25) is 9.69 Å². The minimum Gasteiger partial charge on any atom is -0.468 e. The lowest BCUT2D eigenvalue weighted by atomic mass is 10.3. The van der Waals surface area contributed by atoms with Gasteiger partial charge in [-0.15, -0.1) is 0 Å². The molecule has 1 aromatic rings. The van der Waals surface area contributed by atoms with Crippen LogP contribution in [0.1, 0.15) is 12.2 Å². The fourth-order valence-electron chi connectivity index (χ4n) is 1.53. The van der Waals surface area contributed by atoms with Crippen LogP contribution in [-0.2, 0) is 11.3 Å². The molecule has 1 aromatic heterocycles. The number of carbonyl (C=O) groups excluding carboxylic acids is 1. The van der Waals surface area contributed by atoms with E-state index in [9.17, 15) is 4.79 Å². The molecule has 0 fully saturated rings. The van der Waals surface area contributed by atoms with Crippen LogP contribution in [0.4, 0.5) is 0 Å². The largest absolute Gasteiger partial charge is 0.468 e. The Morgan fingerprint density at radius 1 is 1.47 bits per heavy atom. The summed E-state index contributed by atoms with van der Waals surface area (Å²) in [4.78, 5) is 15.4. The molecule has 0 bridgehead atoms. The lowest BCUT2D eigenvalue weighted by Gasteiger charge is -2.21. The smallest absolute Gasteiger partial charge is 0.236 e. The second-order valence-corrected chi connectivity index (χ2v) is 4.21. The Labute approximate surface area is 102 Å². The summed E-state index contributed by atoms with van der Waals surface area (Å²) in [6.07, 6.45) is 2.47. The number of furan rings is 1. The normalized spacial score (nSPS) is 10.8. The molecule has 0 spiro atoms. The van der Waals surface area contributed by atoms with Gasteiger partial charge < -0.3 is 15.1 Å². The van der Waals surface area contributed by atoms with Gasteiger partial charge in [0.05, 0.1) is 19.4 Å². The number of nitrogens with two attached hydrogens (primary N) is 1. The Morgan fingerprint density at radius 2 is 2.24 bits per heavy atom. The van der Waals surface area contributed by atoms with E-state index in [1.807, 2.05) is 24.1 Å². The van der Waals surface area contributed by atoms with Crippen molar-refractivity contribution in [1.29, 1.82) is 0 Å². The van der Waals surface area contributed by atoms with Crippen molar-refractivity contribution in [2.75, 3.05) is 33.7 Å². The van der Waals surface area contributed by atoms with Gasteiger partial charge in [-0.05, 0) is 32.1 Å². The van der Waals surface area contributed by atoms with Crippen LogP contribution < -0.4 is 5.73 Å². The van der Waals surface area contributed by atoms with Gasteiger partial charge >= 0.3 is 0 Å². The minimum absolute atomic E-state index is 0.104. The van der Waals surface area contributed by atoms with Crippen LogP contribution in [0.25, 0.3) is 0 Å². The minimum atomic E-state index is 0.104. The molecule has 0 aliphatic rings. The molecule has 1 rings (SSSR count). The highest BCUT2D eigenvalue weighted by Gasteiger charge is 2.12. The van der Waals surface area contributed by atoms with Gasteiger partial charge in [0.2, 0.25) is 5.91 Å². The number of amides is 1. The maximum atomic E-state index is 11.8. The molecule has 0 atom stereocenters. The molecule has 96 valence electrons. The predicted molar refractivity (Wildman–Crippen MR) is 66.4 cm³/mol. The van der Waals surface area contributed by atoms with Crippen molar-refractivity contribution >= 4 is 5.91 Å². The molecule has 0 unspecified atom stereocenters. The van der Waals surface area contributed by atoms with E-state index < -0.39 is 0 Å². The summed E-state index contributed by atoms with van der Waals surface area (Å²) < 4.78 is 5.23. The number of hydrogen-bond acceptors (Lipinski definition) is 4. The molecule has 1 amide bonds. The summed E-state index contributed by atoms with van der Waals surface area (Å²) in [7, 11) is 3.70. The zero-order chi connectivity index (χ0) is 12.7. The molecule has 0 aliphatic heterocycles. The average molecular weight is 239 g/mol. The molecule has 0 radical (unpaired) electrons. The molecular formula is C12H21N3O2. The summed E-state index contributed by atoms with van der Waals surface area (Å²) in [6.45, 7) is 2.36. The van der Waals surface area contributed by atoms with E-state index in [0.29, 0.717) is 26.2 Å². The van der Waals surface area contributed by atoms with E-state index in [2.05, 4.69) is 0 Å². The first kappa shape index (κ1) is 13.7. The number of rotatable bonds is 7. The van der Waals surface area contributed by atoms with Gasteiger partial charge in [-0.1, -0.05) is 0 Å². The van der Waals surface area contributed by atoms with Crippen molar-refractivity contribution < 1.29 is 9.21 Å². The van der Waals surface area contributed by atoms with E-state index >= 15 is 0 Å². The topological polar surface area (TPSA) is 62.7 Å². The van der Waals surface area contributed by atoms with Gasteiger partial charge in [0, 0.05) is 13.6 Å². The van der Waals surface area contributed by atoms with Crippen LogP contribution in [0.3, 0.4) is 0 Å². The van der Waals surface area contributed by atoms with E-state index in [-0.39, 0.29) is 5.91 Å². The van der Waals surface area contributed by atoms with Gasteiger partial charge in [-0.25, -0.2) is 0 Å². The highest BCUT2D eigenvalue weighted by molar-refractivity contribution is 5.77. The van der Waals surface area contributed by atoms with Crippen LogP contribution in [0, 0.1) is 0 Å². The Balaban J connectivity index is 2.30. The molecule has 1 heterocycles. The quantitative estimate of drug-likeness (QED) is 0.753. The molecule has 0 saturated heterocycles. The van der Waals surface area contributed by atoms with E-state index in [0.717, 1.165) is 12.2 Å². The van der Waals surface area contributed by atoms with E-state index in [4.69, 9.17) is 10.2 Å². The number of hydrogen-bond donors (Lipinski definition) is 1. The predicted octanol–water partition coefficient (Wildman–Crippen LogP) is 0.519. The van der Waals surface area contributed by atoms with Gasteiger partial charge in [-0.2, -0.15) is 0 Å². The van der Waals surface area contributed by atoms with Crippen LogP contribution in [0.2, 0.25) is 0 Å². The first-order valence-electron chi connectivity index (χ1n) is 5.78. The molecule has 5 nitrogen and oxygen atoms in total. The number of carbonyl (C=O) groups is 1. The van der Waals surface area contributed by atoms with Crippen molar-refractivity contribution in [3.63, 3.8) is 0 Å². The van der Waals surface area contributed by atoms with Crippen molar-refractivity contribution in [3.05, 3.63) is 24.2 Å². The lowest BCUT2D eigenvalue weighted by molar-refractivity contribution is -0.131. The second-order valence-electron chi connectivity index (χ2n) is 4.21. The maximum Gasteiger partial charge on any atom is 0.236 e. The van der Waals surface area contributed by atoms with Crippen molar-refractivity contribution in [2.45, 2.75) is 13.0 Å². The highest BCUT2D eigenvalue weighted by Crippen LogP contribution is 2.03. The number of nitrogens with zero attached hydrogens (tertiary/aromatic N) is 2. The van der Waals surface area contributed by atoms with E-state index in [1.165, 1.54) is 0 Å². The SMILES string of the molecule is CN(CC(=O)N(C)CCCN)Cc1ccco1. The molecule has 0 aliphatic carbocycles. The standard InChI is InChI=1S/C12H21N3O2/c1-14(9-11-5-3-8-17-11)10-12(16)15(2)7-4-6-13/h3,5,8H,4,6-7,9-10,13H2,1-2H3. The first-order valence-corrected chi connectivity index (χ1v) is 5.78. The third-order valence-corrected chi connectivity index (χ3v) is 2.53. The first-order chi connectivity index (χ1) is 8.13. The summed E-state index contributed by atoms with van der Waals surface area (Å²) in [5.74, 6) is 0.970. The fraction of sp³-hybridized carbons (Fsp3) is 0.583. The Bertz CT molecular complexity index is 325. The summed E-state index contributed by atoms with van der Waals surface area (Å²) in [5, 5.41) is 0. The fourth-order valence-corrected chi connectivity index (χ4v) is 1.53. The molecule has 5 heteroatoms. The van der Waals surface area contributed by atoms with Crippen molar-refractivity contribution in [3.8, 4) is 0 Å². The third-order valence-electron chi connectivity index (χ3n) is 2.53. The molecule has 17 heavy (non-hydrogen) atoms. The molecule has 0 saturated carbocycles. The third kappa shape index (κ3) is 5.01. The van der Waals surface area contributed by atoms with Gasteiger partial charge in [0.25, 0.3) is 0 Å². The lowest BCUT2D eigenvalue weighted by Crippen LogP contribution is -2.37. The zero-order valence-corrected chi connectivity index (χ0v) is 10.6. The summed E-state index contributed by atoms with van der Waals surface area (Å²) in [5.41, 5.74) is 5.41. The van der Waals surface area contributed by atoms with Crippen molar-refractivity contribution in [1.82, 2.24) is 9.80 Å². The summed E-state index contributed by atoms with van der Waals surface area (Å²) >= 11 is 0. The van der Waals surface area contributed by atoms with Crippen LogP contribution in [-0.4, -0.2) is 49.4 Å². The van der Waals surface area contributed by atoms with E-state index in [1.54, 1.807) is 18.2 Å². The van der Waals surface area contributed by atoms with Crippen LogP contribution in [0.15, 0.2) is 22.8 Å². The van der Waals surface area contributed by atoms with Gasteiger partial charge in [0.15, 0.2) is 0 Å². The monoisotopic (exact) mass is 239 g/mol. The Hall–Kier alpha value is -1.33. The molecule has 0 aromatic carbocycles.